The summed E-state index contributed by atoms with van der Waals surface area (Å²) in [5.41, 5.74) is 0.588. The van der Waals surface area contributed by atoms with Gasteiger partial charge in [-0.3, -0.25) is 4.90 Å². The molecule has 0 bridgehead atoms. The minimum Gasteiger partial charge on any atom is -0.465 e. The van der Waals surface area contributed by atoms with Gasteiger partial charge >= 0.3 is 6.09 Å². The highest BCUT2D eigenvalue weighted by Gasteiger charge is 2.35. The van der Waals surface area contributed by atoms with Crippen molar-refractivity contribution in [3.63, 3.8) is 0 Å². The molecule has 0 aliphatic carbocycles. The fourth-order valence-electron chi connectivity index (χ4n) is 2.86. The van der Waals surface area contributed by atoms with Gasteiger partial charge in [0.15, 0.2) is 0 Å². The molecule has 1 N–H and O–H groups in total. The Hall–Kier alpha value is -1.86. The van der Waals surface area contributed by atoms with Gasteiger partial charge < -0.3 is 10.0 Å². The monoisotopic (exact) mass is 413 g/mol. The Morgan fingerprint density at radius 3 is 2.88 bits per heavy atom. The molecular formula is C16H14BrClFN3O2. The van der Waals surface area contributed by atoms with Crippen molar-refractivity contribution in [2.24, 2.45) is 0 Å². The molecule has 1 aliphatic heterocycles. The third-order valence-electron chi connectivity index (χ3n) is 3.89. The predicted octanol–water partition coefficient (Wildman–Crippen LogP) is 4.87. The lowest BCUT2D eigenvalue weighted by molar-refractivity contribution is 0.141. The number of benzene rings is 1. The Bertz CT molecular complexity index is 777. The number of carbonyl (C=O) groups is 1. The fraction of sp³-hybridized carbons (Fsp3) is 0.250. The van der Waals surface area contributed by atoms with Gasteiger partial charge in [-0.25, -0.2) is 14.2 Å². The first kappa shape index (κ1) is 17.0. The van der Waals surface area contributed by atoms with Crippen molar-refractivity contribution in [1.29, 1.82) is 0 Å². The zero-order valence-corrected chi connectivity index (χ0v) is 14.8. The number of aromatic nitrogens is 1. The van der Waals surface area contributed by atoms with E-state index in [0.717, 1.165) is 6.42 Å². The Labute approximate surface area is 151 Å². The van der Waals surface area contributed by atoms with Crippen molar-refractivity contribution >= 4 is 45.1 Å². The molecule has 5 nitrogen and oxygen atoms in total. The smallest absolute Gasteiger partial charge is 0.408 e. The molecule has 1 atom stereocenters. The van der Waals surface area contributed by atoms with Gasteiger partial charge in [0.1, 0.15) is 22.4 Å². The molecule has 8 heteroatoms. The summed E-state index contributed by atoms with van der Waals surface area (Å²) in [7, 11) is 0. The normalized spacial score (nSPS) is 17.1. The molecule has 0 unspecified atom stereocenters. The number of pyridine rings is 1. The molecule has 0 radical (unpaired) electrons. The molecular weight excluding hydrogens is 401 g/mol. The number of amides is 1. The largest absolute Gasteiger partial charge is 0.465 e. The summed E-state index contributed by atoms with van der Waals surface area (Å²) in [6.07, 6.45) is -0.0251. The molecule has 1 aliphatic rings. The summed E-state index contributed by atoms with van der Waals surface area (Å²) in [6, 6.07) is 9.69. The molecule has 2 heterocycles. The number of hydrogen-bond donors (Lipinski definition) is 1. The number of hydrogen-bond acceptors (Lipinski definition) is 3. The SMILES string of the molecule is O=C(O)N1CCC[C@H]1N(c1ccc(F)c(Cl)c1)c1cccc(Br)n1. The molecule has 126 valence electrons. The van der Waals surface area contributed by atoms with E-state index < -0.39 is 18.1 Å². The van der Waals surface area contributed by atoms with Crippen LogP contribution >= 0.6 is 27.5 Å². The van der Waals surface area contributed by atoms with E-state index in [4.69, 9.17) is 11.6 Å². The maximum atomic E-state index is 13.5. The number of carboxylic acid groups (broad SMARTS) is 1. The van der Waals surface area contributed by atoms with Crippen LogP contribution in [-0.2, 0) is 0 Å². The lowest BCUT2D eigenvalue weighted by atomic mass is 10.2. The standard InChI is InChI=1S/C16H14BrClFN3O2/c17-13-3-1-4-14(20-13)22(10-6-7-12(19)11(18)9-10)15-5-2-8-21(15)16(23)24/h1,3-4,6-7,9,15H,2,5,8H2,(H,23,24)/t15-/m1/s1. The second-order valence-electron chi connectivity index (χ2n) is 5.39. The average Bonchev–Trinajstić information content (AvgIpc) is 3.01. The van der Waals surface area contributed by atoms with E-state index >= 15 is 0 Å². The van der Waals surface area contributed by atoms with Crippen molar-refractivity contribution < 1.29 is 14.3 Å². The van der Waals surface area contributed by atoms with Crippen LogP contribution in [0.15, 0.2) is 41.0 Å². The van der Waals surface area contributed by atoms with Gasteiger partial charge in [0.25, 0.3) is 0 Å². The van der Waals surface area contributed by atoms with Gasteiger partial charge in [0.05, 0.1) is 5.02 Å². The van der Waals surface area contributed by atoms with Crippen molar-refractivity contribution in [2.45, 2.75) is 19.0 Å². The van der Waals surface area contributed by atoms with Gasteiger partial charge in [0.2, 0.25) is 0 Å². The van der Waals surface area contributed by atoms with Gasteiger partial charge in [-0.2, -0.15) is 0 Å². The topological polar surface area (TPSA) is 56.7 Å². The minimum absolute atomic E-state index is 0.0210. The first-order chi connectivity index (χ1) is 11.5. The van der Waals surface area contributed by atoms with E-state index in [-0.39, 0.29) is 5.02 Å². The van der Waals surface area contributed by atoms with Gasteiger partial charge in [0, 0.05) is 12.2 Å². The lowest BCUT2D eigenvalue weighted by Crippen LogP contribution is -2.45. The van der Waals surface area contributed by atoms with E-state index in [2.05, 4.69) is 20.9 Å². The molecule has 2 aromatic rings. The Morgan fingerprint density at radius 2 is 2.21 bits per heavy atom. The van der Waals surface area contributed by atoms with Crippen molar-refractivity contribution in [3.05, 3.63) is 51.8 Å². The third-order valence-corrected chi connectivity index (χ3v) is 4.62. The third kappa shape index (κ3) is 3.32. The van der Waals surface area contributed by atoms with Crippen LogP contribution in [-0.4, -0.2) is 33.8 Å². The Balaban J connectivity index is 2.10. The number of anilines is 2. The van der Waals surface area contributed by atoms with E-state index in [1.165, 1.54) is 17.0 Å². The number of nitrogens with zero attached hydrogens (tertiary/aromatic N) is 3. The van der Waals surface area contributed by atoms with E-state index in [1.54, 1.807) is 23.1 Å². The molecule has 1 fully saturated rings. The highest BCUT2D eigenvalue weighted by molar-refractivity contribution is 9.10. The van der Waals surface area contributed by atoms with Gasteiger partial charge in [-0.1, -0.05) is 17.7 Å². The average molecular weight is 415 g/mol. The summed E-state index contributed by atoms with van der Waals surface area (Å²) < 4.78 is 14.2. The first-order valence-electron chi connectivity index (χ1n) is 7.34. The summed E-state index contributed by atoms with van der Waals surface area (Å²) in [4.78, 5) is 19.1. The molecule has 1 saturated heterocycles. The van der Waals surface area contributed by atoms with Crippen LogP contribution in [0.2, 0.25) is 5.02 Å². The minimum atomic E-state index is -0.995. The Kier molecular flexibility index (Phi) is 4.91. The number of halogens is 3. The maximum Gasteiger partial charge on any atom is 0.408 e. The fourth-order valence-corrected chi connectivity index (χ4v) is 3.37. The zero-order chi connectivity index (χ0) is 17.3. The molecule has 1 amide bonds. The van der Waals surface area contributed by atoms with E-state index in [1.807, 2.05) is 6.07 Å². The highest BCUT2D eigenvalue weighted by Crippen LogP contribution is 2.35. The quantitative estimate of drug-likeness (QED) is 0.728. The maximum absolute atomic E-state index is 13.5. The molecule has 1 aromatic carbocycles. The summed E-state index contributed by atoms with van der Waals surface area (Å²) in [6.45, 7) is 0.444. The summed E-state index contributed by atoms with van der Waals surface area (Å²) in [5, 5.41) is 9.44. The number of likely N-dealkylation sites (tertiary alicyclic amines) is 1. The van der Waals surface area contributed by atoms with Gasteiger partial charge in [-0.15, -0.1) is 0 Å². The first-order valence-corrected chi connectivity index (χ1v) is 8.51. The van der Waals surface area contributed by atoms with Crippen LogP contribution in [0, 0.1) is 5.82 Å². The predicted molar refractivity (Wildman–Crippen MR) is 93.2 cm³/mol. The van der Waals surface area contributed by atoms with E-state index in [9.17, 15) is 14.3 Å². The van der Waals surface area contributed by atoms with Crippen molar-refractivity contribution in [1.82, 2.24) is 9.88 Å². The lowest BCUT2D eigenvalue weighted by Gasteiger charge is -2.35. The van der Waals surface area contributed by atoms with Gasteiger partial charge in [-0.05, 0) is 59.1 Å². The van der Waals surface area contributed by atoms with Crippen LogP contribution in [0.25, 0.3) is 0 Å². The molecule has 0 saturated carbocycles. The summed E-state index contributed by atoms with van der Waals surface area (Å²) >= 11 is 9.25. The molecule has 0 spiro atoms. The van der Waals surface area contributed by atoms with Crippen molar-refractivity contribution in [3.8, 4) is 0 Å². The second kappa shape index (κ2) is 6.94. The Morgan fingerprint density at radius 1 is 1.42 bits per heavy atom. The van der Waals surface area contributed by atoms with E-state index in [0.29, 0.717) is 29.1 Å². The van der Waals surface area contributed by atoms with Crippen LogP contribution in [0.3, 0.4) is 0 Å². The molecule has 24 heavy (non-hydrogen) atoms. The van der Waals surface area contributed by atoms with Crippen LogP contribution in [0.1, 0.15) is 12.8 Å². The highest BCUT2D eigenvalue weighted by atomic mass is 79.9. The number of rotatable bonds is 3. The second-order valence-corrected chi connectivity index (χ2v) is 6.61. The van der Waals surface area contributed by atoms with Crippen molar-refractivity contribution in [2.75, 3.05) is 11.4 Å². The van der Waals surface area contributed by atoms with Crippen LogP contribution in [0.4, 0.5) is 20.7 Å². The molecule has 3 rings (SSSR count). The summed E-state index contributed by atoms with van der Waals surface area (Å²) in [5.74, 6) is 0.0364. The van der Waals surface area contributed by atoms with Crippen LogP contribution < -0.4 is 4.90 Å². The zero-order valence-electron chi connectivity index (χ0n) is 12.5. The van der Waals surface area contributed by atoms with Crippen LogP contribution in [0.5, 0.6) is 0 Å². The molecule has 1 aromatic heterocycles.